The van der Waals surface area contributed by atoms with Gasteiger partial charge in [0.1, 0.15) is 0 Å². The lowest BCUT2D eigenvalue weighted by Gasteiger charge is -2.29. The standard InChI is InChI=1S/C14H29NO2/c1-4-16-14(17-5-2)11-15-12(3)13-9-7-6-8-10-13/h12-15H,4-11H2,1-3H3/t12-/m0/s1. The van der Waals surface area contributed by atoms with E-state index in [1.165, 1.54) is 32.1 Å². The van der Waals surface area contributed by atoms with Gasteiger partial charge in [-0.25, -0.2) is 0 Å². The van der Waals surface area contributed by atoms with E-state index in [0.717, 1.165) is 12.5 Å². The van der Waals surface area contributed by atoms with Crippen LogP contribution in [0.15, 0.2) is 0 Å². The first-order valence-electron chi connectivity index (χ1n) is 7.24. The Morgan fingerprint density at radius 2 is 1.65 bits per heavy atom. The highest BCUT2D eigenvalue weighted by Crippen LogP contribution is 2.26. The number of hydrogen-bond acceptors (Lipinski definition) is 3. The topological polar surface area (TPSA) is 30.5 Å². The van der Waals surface area contributed by atoms with Crippen LogP contribution in [-0.4, -0.2) is 32.1 Å². The van der Waals surface area contributed by atoms with Crippen molar-refractivity contribution in [1.29, 1.82) is 0 Å². The minimum atomic E-state index is -0.0870. The van der Waals surface area contributed by atoms with Crippen LogP contribution >= 0.6 is 0 Å². The first-order chi connectivity index (χ1) is 8.27. The molecule has 0 aromatic rings. The highest BCUT2D eigenvalue weighted by Gasteiger charge is 2.20. The normalized spacial score (nSPS) is 19.8. The zero-order valence-corrected chi connectivity index (χ0v) is 11.7. The summed E-state index contributed by atoms with van der Waals surface area (Å²) in [5.41, 5.74) is 0. The Morgan fingerprint density at radius 3 is 2.18 bits per heavy atom. The average Bonchev–Trinajstić information content (AvgIpc) is 2.37. The van der Waals surface area contributed by atoms with Crippen molar-refractivity contribution >= 4 is 0 Å². The van der Waals surface area contributed by atoms with Gasteiger partial charge in [0.05, 0.1) is 0 Å². The summed E-state index contributed by atoms with van der Waals surface area (Å²) in [4.78, 5) is 0. The number of ether oxygens (including phenoxy) is 2. The fourth-order valence-corrected chi connectivity index (χ4v) is 2.62. The molecule has 0 saturated heterocycles. The van der Waals surface area contributed by atoms with Crippen molar-refractivity contribution in [1.82, 2.24) is 5.32 Å². The molecule has 102 valence electrons. The van der Waals surface area contributed by atoms with Crippen LogP contribution in [0.1, 0.15) is 52.9 Å². The Morgan fingerprint density at radius 1 is 1.06 bits per heavy atom. The highest BCUT2D eigenvalue weighted by atomic mass is 16.7. The van der Waals surface area contributed by atoms with Gasteiger partial charge in [-0.3, -0.25) is 0 Å². The van der Waals surface area contributed by atoms with Gasteiger partial charge in [0.25, 0.3) is 0 Å². The van der Waals surface area contributed by atoms with Crippen LogP contribution in [0.3, 0.4) is 0 Å². The Hall–Kier alpha value is -0.120. The van der Waals surface area contributed by atoms with Crippen LogP contribution in [0.4, 0.5) is 0 Å². The lowest BCUT2D eigenvalue weighted by Crippen LogP contribution is -2.41. The van der Waals surface area contributed by atoms with Gasteiger partial charge in [0.2, 0.25) is 0 Å². The molecule has 1 aliphatic carbocycles. The smallest absolute Gasteiger partial charge is 0.169 e. The molecule has 3 heteroatoms. The largest absolute Gasteiger partial charge is 0.352 e. The zero-order chi connectivity index (χ0) is 12.5. The Kier molecular flexibility index (Phi) is 7.82. The van der Waals surface area contributed by atoms with Crippen molar-refractivity contribution < 1.29 is 9.47 Å². The van der Waals surface area contributed by atoms with Crippen LogP contribution in [0.2, 0.25) is 0 Å². The molecule has 0 unspecified atom stereocenters. The minimum Gasteiger partial charge on any atom is -0.352 e. The van der Waals surface area contributed by atoms with Crippen LogP contribution in [-0.2, 0) is 9.47 Å². The molecule has 0 aromatic carbocycles. The van der Waals surface area contributed by atoms with E-state index in [4.69, 9.17) is 9.47 Å². The van der Waals surface area contributed by atoms with Gasteiger partial charge >= 0.3 is 0 Å². The Labute approximate surface area is 106 Å². The lowest BCUT2D eigenvalue weighted by atomic mass is 9.84. The SMILES string of the molecule is CCOC(CN[C@@H](C)C1CCCCC1)OCC. The molecule has 1 saturated carbocycles. The van der Waals surface area contributed by atoms with E-state index in [1.54, 1.807) is 0 Å². The molecule has 1 atom stereocenters. The van der Waals surface area contributed by atoms with Crippen molar-refractivity contribution in [2.75, 3.05) is 19.8 Å². The second-order valence-electron chi connectivity index (χ2n) is 4.94. The first-order valence-corrected chi connectivity index (χ1v) is 7.24. The minimum absolute atomic E-state index is 0.0870. The van der Waals surface area contributed by atoms with Crippen molar-refractivity contribution in [3.63, 3.8) is 0 Å². The lowest BCUT2D eigenvalue weighted by molar-refractivity contribution is -0.134. The van der Waals surface area contributed by atoms with Crippen LogP contribution in [0.5, 0.6) is 0 Å². The third-order valence-corrected chi connectivity index (χ3v) is 3.67. The van der Waals surface area contributed by atoms with E-state index in [1.807, 2.05) is 13.8 Å². The van der Waals surface area contributed by atoms with Crippen LogP contribution in [0, 0.1) is 5.92 Å². The number of hydrogen-bond donors (Lipinski definition) is 1. The molecule has 1 fully saturated rings. The van der Waals surface area contributed by atoms with Gasteiger partial charge in [-0.05, 0) is 39.5 Å². The van der Waals surface area contributed by atoms with Crippen LogP contribution in [0.25, 0.3) is 0 Å². The maximum absolute atomic E-state index is 5.54. The summed E-state index contributed by atoms with van der Waals surface area (Å²) < 4.78 is 11.1. The quantitative estimate of drug-likeness (QED) is 0.665. The van der Waals surface area contributed by atoms with E-state index >= 15 is 0 Å². The molecule has 1 N–H and O–H groups in total. The van der Waals surface area contributed by atoms with Crippen LogP contribution < -0.4 is 5.32 Å². The summed E-state index contributed by atoms with van der Waals surface area (Å²) in [6, 6.07) is 0.582. The van der Waals surface area contributed by atoms with Gasteiger partial charge < -0.3 is 14.8 Å². The van der Waals surface area contributed by atoms with E-state index in [9.17, 15) is 0 Å². The molecule has 1 aliphatic rings. The van der Waals surface area contributed by atoms with Gasteiger partial charge in [-0.15, -0.1) is 0 Å². The third-order valence-electron chi connectivity index (χ3n) is 3.67. The number of rotatable bonds is 8. The average molecular weight is 243 g/mol. The van der Waals surface area contributed by atoms with E-state index in [2.05, 4.69) is 12.2 Å². The second-order valence-corrected chi connectivity index (χ2v) is 4.94. The summed E-state index contributed by atoms with van der Waals surface area (Å²) in [7, 11) is 0. The van der Waals surface area contributed by atoms with Gasteiger partial charge in [0, 0.05) is 25.8 Å². The molecule has 3 nitrogen and oxygen atoms in total. The molecule has 0 amide bonds. The molecule has 0 bridgehead atoms. The van der Waals surface area contributed by atoms with E-state index < -0.39 is 0 Å². The molecule has 0 heterocycles. The van der Waals surface area contributed by atoms with E-state index in [-0.39, 0.29) is 6.29 Å². The predicted molar refractivity (Wildman–Crippen MR) is 71.1 cm³/mol. The van der Waals surface area contributed by atoms with E-state index in [0.29, 0.717) is 19.3 Å². The Bertz CT molecular complexity index is 175. The number of nitrogens with one attached hydrogen (secondary N) is 1. The van der Waals surface area contributed by atoms with Gasteiger partial charge in [-0.1, -0.05) is 19.3 Å². The highest BCUT2D eigenvalue weighted by molar-refractivity contribution is 4.76. The molecule has 0 aromatic heterocycles. The summed E-state index contributed by atoms with van der Waals surface area (Å²) in [5, 5.41) is 3.57. The fourth-order valence-electron chi connectivity index (χ4n) is 2.62. The molecule has 0 radical (unpaired) electrons. The summed E-state index contributed by atoms with van der Waals surface area (Å²) >= 11 is 0. The van der Waals surface area contributed by atoms with Crippen molar-refractivity contribution in [3.8, 4) is 0 Å². The molecular weight excluding hydrogens is 214 g/mol. The summed E-state index contributed by atoms with van der Waals surface area (Å²) in [6.07, 6.45) is 6.89. The zero-order valence-electron chi connectivity index (χ0n) is 11.7. The Balaban J connectivity index is 2.21. The molecule has 0 aliphatic heterocycles. The van der Waals surface area contributed by atoms with Gasteiger partial charge in [-0.2, -0.15) is 0 Å². The predicted octanol–water partition coefficient (Wildman–Crippen LogP) is 2.94. The third kappa shape index (κ3) is 5.84. The van der Waals surface area contributed by atoms with Crippen molar-refractivity contribution in [2.45, 2.75) is 65.2 Å². The maximum atomic E-state index is 5.54. The van der Waals surface area contributed by atoms with Gasteiger partial charge in [0.15, 0.2) is 6.29 Å². The monoisotopic (exact) mass is 243 g/mol. The molecule has 17 heavy (non-hydrogen) atoms. The summed E-state index contributed by atoms with van der Waals surface area (Å²) in [5.74, 6) is 0.840. The first kappa shape index (κ1) is 14.9. The molecule has 0 spiro atoms. The van der Waals surface area contributed by atoms with Crippen molar-refractivity contribution in [2.24, 2.45) is 5.92 Å². The maximum Gasteiger partial charge on any atom is 0.169 e. The van der Waals surface area contributed by atoms with Crippen molar-refractivity contribution in [3.05, 3.63) is 0 Å². The second kappa shape index (κ2) is 8.90. The molecular formula is C14H29NO2. The molecule has 1 rings (SSSR count). The fraction of sp³-hybridized carbons (Fsp3) is 1.00. The summed E-state index contributed by atoms with van der Waals surface area (Å²) in [6.45, 7) is 8.55.